The van der Waals surface area contributed by atoms with Crippen LogP contribution in [0.3, 0.4) is 0 Å². The van der Waals surface area contributed by atoms with E-state index in [9.17, 15) is 37.5 Å². The number of β-amino-alcohol motifs (C(OH)–C–C–N with tert-alkyl or cyclic N) is 1. The maximum Gasteiger partial charge on any atom is 0.490 e. The maximum absolute atomic E-state index is 12.1. The minimum absolute atomic E-state index is 0.0250. The Bertz CT molecular complexity index is 642. The molecular formula is C14H20F3N3O9. The fourth-order valence-corrected chi connectivity index (χ4v) is 2.25. The van der Waals surface area contributed by atoms with Gasteiger partial charge in [-0.25, -0.2) is 9.59 Å². The number of nitrogens with two attached hydrogens (primary N) is 1. The molecule has 1 saturated heterocycles. The zero-order valence-electron chi connectivity index (χ0n) is 14.8. The van der Waals surface area contributed by atoms with Crippen LogP contribution in [0.2, 0.25) is 0 Å². The van der Waals surface area contributed by atoms with Gasteiger partial charge < -0.3 is 36.4 Å². The zero-order chi connectivity index (χ0) is 22.9. The molecule has 0 bridgehead atoms. The van der Waals surface area contributed by atoms with Crippen molar-refractivity contribution < 1.29 is 57.6 Å². The van der Waals surface area contributed by atoms with Crippen LogP contribution in [0.4, 0.5) is 13.2 Å². The number of carboxylic acid groups (broad SMARTS) is 3. The van der Waals surface area contributed by atoms with Gasteiger partial charge in [-0.1, -0.05) is 0 Å². The summed E-state index contributed by atoms with van der Waals surface area (Å²) in [5, 5.41) is 36.5. The molecule has 2 amide bonds. The van der Waals surface area contributed by atoms with Gasteiger partial charge in [0.15, 0.2) is 0 Å². The highest BCUT2D eigenvalue weighted by Gasteiger charge is 2.39. The maximum atomic E-state index is 12.1. The van der Waals surface area contributed by atoms with Crippen molar-refractivity contribution in [3.8, 4) is 0 Å². The molecule has 0 spiro atoms. The Morgan fingerprint density at radius 1 is 1.14 bits per heavy atom. The topological polar surface area (TPSA) is 208 Å². The van der Waals surface area contributed by atoms with Crippen LogP contribution in [0.1, 0.15) is 19.3 Å². The van der Waals surface area contributed by atoms with Crippen molar-refractivity contribution in [2.24, 2.45) is 5.73 Å². The van der Waals surface area contributed by atoms with E-state index in [4.69, 9.17) is 25.8 Å². The summed E-state index contributed by atoms with van der Waals surface area (Å²) in [6.07, 6.45) is -6.71. The Balaban J connectivity index is 0.000000956. The fourth-order valence-electron chi connectivity index (χ4n) is 2.25. The van der Waals surface area contributed by atoms with Crippen molar-refractivity contribution >= 4 is 29.7 Å². The molecular weight excluding hydrogens is 411 g/mol. The third kappa shape index (κ3) is 9.20. The van der Waals surface area contributed by atoms with Crippen molar-refractivity contribution in [3.63, 3.8) is 0 Å². The van der Waals surface area contributed by atoms with E-state index in [0.717, 1.165) is 4.90 Å². The number of amides is 2. The van der Waals surface area contributed by atoms with Crippen molar-refractivity contribution in [1.82, 2.24) is 10.2 Å². The largest absolute Gasteiger partial charge is 0.490 e. The molecule has 1 rings (SSSR count). The molecule has 15 heteroatoms. The lowest BCUT2D eigenvalue weighted by Crippen LogP contribution is -2.51. The lowest BCUT2D eigenvalue weighted by atomic mass is 10.1. The number of alkyl halides is 3. The number of likely N-dealkylation sites (tertiary alicyclic amines) is 1. The number of halogens is 3. The van der Waals surface area contributed by atoms with E-state index < -0.39 is 60.5 Å². The number of aliphatic hydroxyl groups is 1. The van der Waals surface area contributed by atoms with E-state index in [0.29, 0.717) is 0 Å². The minimum Gasteiger partial charge on any atom is -0.481 e. The second-order valence-electron chi connectivity index (χ2n) is 5.79. The van der Waals surface area contributed by atoms with E-state index in [1.54, 1.807) is 0 Å². The number of hydrogen-bond donors (Lipinski definition) is 6. The molecule has 1 fully saturated rings. The average Bonchev–Trinajstić information content (AvgIpc) is 2.98. The molecule has 0 radical (unpaired) electrons. The van der Waals surface area contributed by atoms with Gasteiger partial charge in [-0.2, -0.15) is 13.2 Å². The Morgan fingerprint density at radius 2 is 1.66 bits per heavy atom. The van der Waals surface area contributed by atoms with Gasteiger partial charge in [0.25, 0.3) is 0 Å². The second-order valence-corrected chi connectivity index (χ2v) is 5.79. The normalized spacial score (nSPS) is 19.6. The van der Waals surface area contributed by atoms with Crippen LogP contribution < -0.4 is 11.1 Å². The Hall–Kier alpha value is -2.94. The Kier molecular flexibility index (Phi) is 10.0. The van der Waals surface area contributed by atoms with Crippen LogP contribution in [0.5, 0.6) is 0 Å². The third-order valence-electron chi connectivity index (χ3n) is 3.58. The lowest BCUT2D eigenvalue weighted by Gasteiger charge is -2.24. The molecule has 7 N–H and O–H groups in total. The summed E-state index contributed by atoms with van der Waals surface area (Å²) < 4.78 is 31.7. The molecule has 0 aliphatic carbocycles. The number of aliphatic hydroxyl groups excluding tert-OH is 1. The number of rotatable bonds is 7. The van der Waals surface area contributed by atoms with Gasteiger partial charge >= 0.3 is 24.1 Å². The van der Waals surface area contributed by atoms with Crippen molar-refractivity contribution in [2.45, 2.75) is 43.6 Å². The van der Waals surface area contributed by atoms with Gasteiger partial charge in [0, 0.05) is 19.4 Å². The molecule has 0 aromatic carbocycles. The number of carbonyl (C=O) groups excluding carboxylic acids is 2. The molecule has 12 nitrogen and oxygen atoms in total. The Labute approximate surface area is 161 Å². The van der Waals surface area contributed by atoms with Crippen LogP contribution in [-0.4, -0.2) is 92.5 Å². The van der Waals surface area contributed by atoms with Crippen molar-refractivity contribution in [1.29, 1.82) is 0 Å². The summed E-state index contributed by atoms with van der Waals surface area (Å²) in [6, 6.07) is -2.39. The number of carboxylic acids is 3. The highest BCUT2D eigenvalue weighted by Crippen LogP contribution is 2.18. The van der Waals surface area contributed by atoms with Gasteiger partial charge in [0.2, 0.25) is 11.8 Å². The first-order valence-electron chi connectivity index (χ1n) is 7.93. The summed E-state index contributed by atoms with van der Waals surface area (Å²) in [5.74, 6) is -6.60. The molecule has 0 aromatic heterocycles. The second kappa shape index (κ2) is 11.2. The van der Waals surface area contributed by atoms with E-state index >= 15 is 0 Å². The predicted octanol–water partition coefficient (Wildman–Crippen LogP) is -2.03. The lowest BCUT2D eigenvalue weighted by molar-refractivity contribution is -0.192. The van der Waals surface area contributed by atoms with Gasteiger partial charge in [0.05, 0.1) is 12.6 Å². The first-order chi connectivity index (χ1) is 13.2. The summed E-state index contributed by atoms with van der Waals surface area (Å²) in [6.45, 7) is -0.390. The van der Waals surface area contributed by atoms with E-state index in [2.05, 4.69) is 5.32 Å². The fraction of sp³-hybridized carbons (Fsp3) is 0.643. The average molecular weight is 431 g/mol. The Morgan fingerprint density at radius 3 is 2.03 bits per heavy atom. The van der Waals surface area contributed by atoms with Crippen LogP contribution in [0.25, 0.3) is 0 Å². The van der Waals surface area contributed by atoms with Crippen LogP contribution in [0, 0.1) is 0 Å². The van der Waals surface area contributed by atoms with Crippen LogP contribution in [0.15, 0.2) is 0 Å². The highest BCUT2D eigenvalue weighted by molar-refractivity contribution is 5.91. The van der Waals surface area contributed by atoms with E-state index in [1.165, 1.54) is 0 Å². The quantitative estimate of drug-likeness (QED) is 0.260. The first kappa shape index (κ1) is 26.1. The molecule has 1 aliphatic heterocycles. The molecule has 3 atom stereocenters. The SMILES string of the molecule is NCC(=O)N1CC(O)CC1C(=O)NC(CCC(=O)O)C(=O)O.O=C(O)C(F)(F)F. The number of nitrogens with one attached hydrogen (secondary N) is 1. The molecule has 3 unspecified atom stereocenters. The summed E-state index contributed by atoms with van der Waals surface area (Å²) in [7, 11) is 0. The minimum atomic E-state index is -5.08. The monoisotopic (exact) mass is 431 g/mol. The molecule has 166 valence electrons. The zero-order valence-corrected chi connectivity index (χ0v) is 14.8. The highest BCUT2D eigenvalue weighted by atomic mass is 19.4. The van der Waals surface area contributed by atoms with Gasteiger partial charge in [0.1, 0.15) is 12.1 Å². The third-order valence-corrected chi connectivity index (χ3v) is 3.58. The number of nitrogens with zero attached hydrogens (tertiary/aromatic N) is 1. The molecule has 0 saturated carbocycles. The molecule has 1 heterocycles. The van der Waals surface area contributed by atoms with Crippen molar-refractivity contribution in [2.75, 3.05) is 13.1 Å². The summed E-state index contributed by atoms with van der Waals surface area (Å²) >= 11 is 0. The smallest absolute Gasteiger partial charge is 0.481 e. The molecule has 29 heavy (non-hydrogen) atoms. The standard InChI is InChI=1S/C12H19N3O7.C2HF3O2/c13-4-9(17)15-5-6(16)3-8(15)11(20)14-7(12(21)22)1-2-10(18)19;3-2(4,5)1(6)7/h6-8,16H,1-5,13H2,(H,14,20)(H,18,19)(H,21,22);(H,6,7). The summed E-state index contributed by atoms with van der Waals surface area (Å²) in [4.78, 5) is 55.3. The van der Waals surface area contributed by atoms with Gasteiger partial charge in [-0.3, -0.25) is 14.4 Å². The van der Waals surface area contributed by atoms with Gasteiger partial charge in [-0.15, -0.1) is 0 Å². The first-order valence-corrected chi connectivity index (χ1v) is 7.93. The summed E-state index contributed by atoms with van der Waals surface area (Å²) in [5.41, 5.74) is 5.23. The molecule has 1 aliphatic rings. The van der Waals surface area contributed by atoms with Crippen LogP contribution in [-0.2, 0) is 24.0 Å². The number of hydrogen-bond acceptors (Lipinski definition) is 7. The van der Waals surface area contributed by atoms with Gasteiger partial charge in [-0.05, 0) is 6.42 Å². The van der Waals surface area contributed by atoms with E-state index in [-0.39, 0.29) is 25.9 Å². The van der Waals surface area contributed by atoms with Crippen LogP contribution >= 0.6 is 0 Å². The van der Waals surface area contributed by atoms with E-state index in [1.807, 2.05) is 0 Å². The molecule has 0 aromatic rings. The number of carbonyl (C=O) groups is 5. The number of aliphatic carboxylic acids is 3. The predicted molar refractivity (Wildman–Crippen MR) is 85.3 cm³/mol. The van der Waals surface area contributed by atoms with Crippen molar-refractivity contribution in [3.05, 3.63) is 0 Å².